The van der Waals surface area contributed by atoms with Crippen LogP contribution in [-0.4, -0.2) is 4.98 Å². The Hall–Kier alpha value is -1.89. The van der Waals surface area contributed by atoms with Gasteiger partial charge < -0.3 is 0 Å². The zero-order valence-corrected chi connectivity index (χ0v) is 13.4. The zero-order valence-electron chi connectivity index (χ0n) is 13.4. The Balaban J connectivity index is 2.10. The van der Waals surface area contributed by atoms with Gasteiger partial charge in [-0.3, -0.25) is 4.98 Å². The molecule has 1 aromatic carbocycles. The van der Waals surface area contributed by atoms with Gasteiger partial charge in [0.25, 0.3) is 0 Å². The van der Waals surface area contributed by atoms with Crippen LogP contribution in [0.2, 0.25) is 0 Å². The van der Waals surface area contributed by atoms with Gasteiger partial charge in [0.2, 0.25) is 0 Å². The van der Waals surface area contributed by atoms with Crippen LogP contribution in [0.15, 0.2) is 36.5 Å². The zero-order chi connectivity index (χ0) is 15.0. The molecule has 0 saturated carbocycles. The minimum atomic E-state index is 0.609. The Morgan fingerprint density at radius 1 is 1.05 bits per heavy atom. The summed E-state index contributed by atoms with van der Waals surface area (Å²) in [6.07, 6.45) is 7.67. The van der Waals surface area contributed by atoms with E-state index in [2.05, 4.69) is 69.1 Å². The summed E-state index contributed by atoms with van der Waals surface area (Å²) in [7, 11) is 0. The molecule has 1 nitrogen and oxygen atoms in total. The van der Waals surface area contributed by atoms with Crippen molar-refractivity contribution in [3.63, 3.8) is 0 Å². The molecule has 21 heavy (non-hydrogen) atoms. The van der Waals surface area contributed by atoms with Gasteiger partial charge in [-0.2, -0.15) is 0 Å². The minimum Gasteiger partial charge on any atom is -0.256 e. The maximum Gasteiger partial charge on any atom is 0.0705 e. The number of allylic oxidation sites excluding steroid dienone is 1. The molecule has 1 unspecified atom stereocenters. The van der Waals surface area contributed by atoms with E-state index in [1.54, 1.807) is 0 Å². The summed E-state index contributed by atoms with van der Waals surface area (Å²) < 4.78 is 0. The van der Waals surface area contributed by atoms with E-state index in [9.17, 15) is 0 Å². The van der Waals surface area contributed by atoms with E-state index in [4.69, 9.17) is 0 Å². The van der Waals surface area contributed by atoms with E-state index in [0.717, 1.165) is 12.1 Å². The molecule has 0 N–H and O–H groups in total. The second-order valence-electron chi connectivity index (χ2n) is 6.56. The number of nitrogens with zero attached hydrogens (tertiary/aromatic N) is 1. The molecule has 1 aliphatic carbocycles. The number of fused-ring (bicyclic) bond motifs is 1. The molecular formula is C20H23N. The predicted molar refractivity (Wildman–Crippen MR) is 90.4 cm³/mol. The molecule has 0 aliphatic heterocycles. The SMILES string of the molecule is Cc1cc(C)cc(-c2cc3c(cn2)C=CCC3C(C)C)c1. The van der Waals surface area contributed by atoms with Gasteiger partial charge in [0.05, 0.1) is 5.69 Å². The van der Waals surface area contributed by atoms with Gasteiger partial charge in [-0.05, 0) is 61.4 Å². The van der Waals surface area contributed by atoms with Gasteiger partial charge in [-0.15, -0.1) is 0 Å². The van der Waals surface area contributed by atoms with Crippen LogP contribution in [0.4, 0.5) is 0 Å². The molecular weight excluding hydrogens is 254 g/mol. The Morgan fingerprint density at radius 3 is 2.43 bits per heavy atom. The molecule has 1 heterocycles. The average molecular weight is 277 g/mol. The third kappa shape index (κ3) is 2.78. The first-order chi connectivity index (χ1) is 10.0. The van der Waals surface area contributed by atoms with Crippen molar-refractivity contribution in [2.24, 2.45) is 5.92 Å². The smallest absolute Gasteiger partial charge is 0.0705 e. The molecule has 1 atom stereocenters. The lowest BCUT2D eigenvalue weighted by atomic mass is 9.80. The van der Waals surface area contributed by atoms with Crippen LogP contribution in [0.3, 0.4) is 0 Å². The van der Waals surface area contributed by atoms with E-state index < -0.39 is 0 Å². The molecule has 0 spiro atoms. The van der Waals surface area contributed by atoms with Crippen LogP contribution in [0.5, 0.6) is 0 Å². The summed E-state index contributed by atoms with van der Waals surface area (Å²) in [6.45, 7) is 8.91. The van der Waals surface area contributed by atoms with E-state index in [1.807, 2.05) is 6.20 Å². The summed E-state index contributed by atoms with van der Waals surface area (Å²) in [4.78, 5) is 4.69. The summed E-state index contributed by atoms with van der Waals surface area (Å²) in [5, 5.41) is 0. The first kappa shape index (κ1) is 14.1. The Kier molecular flexibility index (Phi) is 3.67. The second kappa shape index (κ2) is 5.48. The highest BCUT2D eigenvalue weighted by molar-refractivity contribution is 5.66. The molecule has 0 radical (unpaired) electrons. The van der Waals surface area contributed by atoms with Crippen molar-refractivity contribution in [2.75, 3.05) is 0 Å². The third-order valence-electron chi connectivity index (χ3n) is 4.38. The highest BCUT2D eigenvalue weighted by Gasteiger charge is 2.21. The summed E-state index contributed by atoms with van der Waals surface area (Å²) >= 11 is 0. The second-order valence-corrected chi connectivity index (χ2v) is 6.56. The molecule has 0 bridgehead atoms. The van der Waals surface area contributed by atoms with Gasteiger partial charge >= 0.3 is 0 Å². The highest BCUT2D eigenvalue weighted by Crippen LogP contribution is 2.36. The number of benzene rings is 1. The number of hydrogen-bond acceptors (Lipinski definition) is 1. The van der Waals surface area contributed by atoms with Crippen molar-refractivity contribution >= 4 is 6.08 Å². The van der Waals surface area contributed by atoms with Crippen LogP contribution in [0.1, 0.15) is 48.4 Å². The number of aromatic nitrogens is 1. The minimum absolute atomic E-state index is 0.609. The molecule has 1 aromatic heterocycles. The van der Waals surface area contributed by atoms with E-state index in [0.29, 0.717) is 11.8 Å². The first-order valence-corrected chi connectivity index (χ1v) is 7.80. The van der Waals surface area contributed by atoms with Gasteiger partial charge in [0.1, 0.15) is 0 Å². The lowest BCUT2D eigenvalue weighted by molar-refractivity contribution is 0.499. The average Bonchev–Trinajstić information content (AvgIpc) is 2.44. The normalized spacial score (nSPS) is 17.1. The van der Waals surface area contributed by atoms with Crippen molar-refractivity contribution in [2.45, 2.75) is 40.0 Å². The van der Waals surface area contributed by atoms with Gasteiger partial charge in [-0.1, -0.05) is 43.2 Å². The maximum absolute atomic E-state index is 4.69. The molecule has 0 amide bonds. The fourth-order valence-electron chi connectivity index (χ4n) is 3.32. The number of rotatable bonds is 2. The maximum atomic E-state index is 4.69. The van der Waals surface area contributed by atoms with Crippen LogP contribution < -0.4 is 0 Å². The van der Waals surface area contributed by atoms with E-state index in [1.165, 1.54) is 27.8 Å². The van der Waals surface area contributed by atoms with Gasteiger partial charge in [0.15, 0.2) is 0 Å². The number of pyridine rings is 1. The number of hydrogen-bond donors (Lipinski definition) is 0. The highest BCUT2D eigenvalue weighted by atomic mass is 14.7. The van der Waals surface area contributed by atoms with E-state index >= 15 is 0 Å². The van der Waals surface area contributed by atoms with Crippen LogP contribution >= 0.6 is 0 Å². The molecule has 0 saturated heterocycles. The van der Waals surface area contributed by atoms with Crippen LogP contribution in [0, 0.1) is 19.8 Å². The van der Waals surface area contributed by atoms with Crippen molar-refractivity contribution in [1.82, 2.24) is 4.98 Å². The molecule has 3 rings (SSSR count). The standard InChI is InChI=1S/C20H23N/c1-13(2)18-7-5-6-16-12-21-20(11-19(16)18)17-9-14(3)8-15(4)10-17/h5-6,8-13,18H,7H2,1-4H3. The lowest BCUT2D eigenvalue weighted by Gasteiger charge is -2.25. The van der Waals surface area contributed by atoms with Gasteiger partial charge in [-0.25, -0.2) is 0 Å². The topological polar surface area (TPSA) is 12.9 Å². The molecule has 1 aliphatic rings. The predicted octanol–water partition coefficient (Wildman–Crippen LogP) is 5.52. The fraction of sp³-hybridized carbons (Fsp3) is 0.350. The monoisotopic (exact) mass is 277 g/mol. The van der Waals surface area contributed by atoms with Crippen LogP contribution in [-0.2, 0) is 0 Å². The largest absolute Gasteiger partial charge is 0.256 e. The first-order valence-electron chi connectivity index (χ1n) is 7.80. The molecule has 108 valence electrons. The summed E-state index contributed by atoms with van der Waals surface area (Å²) in [5.41, 5.74) is 7.66. The van der Waals surface area contributed by atoms with Crippen molar-refractivity contribution < 1.29 is 0 Å². The molecule has 1 heteroatoms. The molecule has 2 aromatic rings. The molecule has 0 fully saturated rings. The summed E-state index contributed by atoms with van der Waals surface area (Å²) in [6, 6.07) is 8.97. The third-order valence-corrected chi connectivity index (χ3v) is 4.38. The van der Waals surface area contributed by atoms with E-state index in [-0.39, 0.29) is 0 Å². The lowest BCUT2D eigenvalue weighted by Crippen LogP contribution is -2.11. The van der Waals surface area contributed by atoms with Crippen molar-refractivity contribution in [3.05, 3.63) is 58.8 Å². The summed E-state index contributed by atoms with van der Waals surface area (Å²) in [5.74, 6) is 1.26. The Bertz CT molecular complexity index is 675. The Morgan fingerprint density at radius 2 is 1.76 bits per heavy atom. The van der Waals surface area contributed by atoms with Gasteiger partial charge in [0, 0.05) is 11.8 Å². The fourth-order valence-corrected chi connectivity index (χ4v) is 3.32. The van der Waals surface area contributed by atoms with Crippen molar-refractivity contribution in [3.8, 4) is 11.3 Å². The van der Waals surface area contributed by atoms with Crippen LogP contribution in [0.25, 0.3) is 17.3 Å². The quantitative estimate of drug-likeness (QED) is 0.704. The van der Waals surface area contributed by atoms with Crippen molar-refractivity contribution in [1.29, 1.82) is 0 Å². The number of aryl methyl sites for hydroxylation is 2. The Labute approximate surface area is 127 Å².